The van der Waals surface area contributed by atoms with E-state index in [1.807, 2.05) is 30.3 Å². The van der Waals surface area contributed by atoms with Crippen LogP contribution in [0.1, 0.15) is 15.9 Å². The average molecular weight is 320 g/mol. The molecule has 116 valence electrons. The monoisotopic (exact) mass is 319 g/mol. The Morgan fingerprint density at radius 1 is 1.09 bits per heavy atom. The van der Waals surface area contributed by atoms with Crippen molar-refractivity contribution in [2.75, 3.05) is 6.54 Å². The summed E-state index contributed by atoms with van der Waals surface area (Å²) in [5.41, 5.74) is 6.77. The van der Waals surface area contributed by atoms with Gasteiger partial charge in [0.2, 0.25) is 6.54 Å². The van der Waals surface area contributed by atoms with Crippen molar-refractivity contribution in [1.29, 1.82) is 0 Å². The highest BCUT2D eigenvalue weighted by atomic mass is 35.5. The Morgan fingerprint density at radius 2 is 1.82 bits per heavy atom. The number of aromatic nitrogens is 1. The van der Waals surface area contributed by atoms with Gasteiger partial charge in [0.05, 0.1) is 0 Å². The van der Waals surface area contributed by atoms with Gasteiger partial charge in [-0.15, -0.1) is 0 Å². The maximum atomic E-state index is 11.8. The van der Waals surface area contributed by atoms with Crippen molar-refractivity contribution in [3.8, 4) is 0 Å². The third-order valence-corrected chi connectivity index (χ3v) is 3.05. The summed E-state index contributed by atoms with van der Waals surface area (Å²) < 4.78 is 1.64. The lowest BCUT2D eigenvalue weighted by Crippen LogP contribution is -3.00. The second-order valence-electron chi connectivity index (χ2n) is 4.71. The standard InChI is InChI=1S/C16H17N3O2.ClH/c17-16(21)14-7-4-10-19(11-14)12-15(20)18-9-8-13-5-2-1-3-6-13;/h1-7,10-11H,8-9,12H2,(H2-,17,18,20,21);1H. The molecule has 0 bridgehead atoms. The Bertz CT molecular complexity index is 632. The highest BCUT2D eigenvalue weighted by Gasteiger charge is 2.11. The number of carbonyl (C=O) groups is 2. The van der Waals surface area contributed by atoms with Gasteiger partial charge in [-0.3, -0.25) is 9.59 Å². The maximum absolute atomic E-state index is 11.8. The van der Waals surface area contributed by atoms with Crippen LogP contribution < -0.4 is 28.0 Å². The summed E-state index contributed by atoms with van der Waals surface area (Å²) in [7, 11) is 0. The number of nitrogens with zero attached hydrogens (tertiary/aromatic N) is 1. The molecule has 1 heterocycles. The fourth-order valence-electron chi connectivity index (χ4n) is 1.98. The van der Waals surface area contributed by atoms with Crippen molar-refractivity contribution in [2.24, 2.45) is 5.73 Å². The second kappa shape index (κ2) is 8.79. The number of benzene rings is 1. The zero-order valence-corrected chi connectivity index (χ0v) is 12.8. The summed E-state index contributed by atoms with van der Waals surface area (Å²) in [4.78, 5) is 22.9. The van der Waals surface area contributed by atoms with Crippen LogP contribution in [-0.4, -0.2) is 18.4 Å². The number of nitrogens with one attached hydrogen (secondary N) is 1. The molecule has 0 saturated carbocycles. The smallest absolute Gasteiger partial charge is 0.285 e. The Balaban J connectivity index is 0.00000242. The van der Waals surface area contributed by atoms with E-state index < -0.39 is 5.91 Å². The number of rotatable bonds is 6. The number of pyridine rings is 1. The summed E-state index contributed by atoms with van der Waals surface area (Å²) in [6.07, 6.45) is 4.08. The molecule has 0 saturated heterocycles. The van der Waals surface area contributed by atoms with Crippen LogP contribution in [0, 0.1) is 0 Å². The summed E-state index contributed by atoms with van der Waals surface area (Å²) >= 11 is 0. The molecule has 0 aliphatic carbocycles. The highest BCUT2D eigenvalue weighted by molar-refractivity contribution is 5.92. The molecule has 22 heavy (non-hydrogen) atoms. The molecule has 0 unspecified atom stereocenters. The quantitative estimate of drug-likeness (QED) is 0.575. The average Bonchev–Trinajstić information content (AvgIpc) is 2.48. The van der Waals surface area contributed by atoms with Crippen LogP contribution in [-0.2, 0) is 17.8 Å². The molecule has 0 radical (unpaired) electrons. The topological polar surface area (TPSA) is 76.1 Å². The van der Waals surface area contributed by atoms with Crippen LogP contribution in [0.3, 0.4) is 0 Å². The SMILES string of the molecule is NC(=O)c1ccc[n+](CC(=O)NCCc2ccccc2)c1.[Cl-]. The Hall–Kier alpha value is -2.40. The number of amides is 2. The van der Waals surface area contributed by atoms with E-state index in [9.17, 15) is 9.59 Å². The number of hydrogen-bond donors (Lipinski definition) is 2. The number of halogens is 1. The molecule has 0 aliphatic rings. The Morgan fingerprint density at radius 3 is 2.50 bits per heavy atom. The van der Waals surface area contributed by atoms with E-state index in [1.54, 1.807) is 29.1 Å². The molecular weight excluding hydrogens is 302 g/mol. The van der Waals surface area contributed by atoms with Gasteiger partial charge < -0.3 is 23.5 Å². The molecule has 1 aromatic carbocycles. The van der Waals surface area contributed by atoms with Crippen LogP contribution in [0.4, 0.5) is 0 Å². The largest absolute Gasteiger partial charge is 1.00 e. The van der Waals surface area contributed by atoms with Crippen molar-refractivity contribution in [3.63, 3.8) is 0 Å². The normalized spacial score (nSPS) is 9.64. The number of nitrogens with two attached hydrogens (primary N) is 1. The van der Waals surface area contributed by atoms with E-state index in [0.717, 1.165) is 6.42 Å². The van der Waals surface area contributed by atoms with E-state index in [1.165, 1.54) is 5.56 Å². The molecular formula is C16H18ClN3O2. The van der Waals surface area contributed by atoms with Crippen LogP contribution in [0.2, 0.25) is 0 Å². The summed E-state index contributed by atoms with van der Waals surface area (Å²) in [6, 6.07) is 13.3. The minimum absolute atomic E-state index is 0. The lowest BCUT2D eigenvalue weighted by molar-refractivity contribution is -0.684. The first-order valence-electron chi connectivity index (χ1n) is 6.74. The molecule has 6 heteroatoms. The van der Waals surface area contributed by atoms with Gasteiger partial charge in [0.1, 0.15) is 5.56 Å². The molecule has 2 amide bonds. The molecule has 3 N–H and O–H groups in total. The molecule has 5 nitrogen and oxygen atoms in total. The third-order valence-electron chi connectivity index (χ3n) is 3.05. The minimum atomic E-state index is -0.506. The van der Waals surface area contributed by atoms with Crippen LogP contribution in [0.25, 0.3) is 0 Å². The fraction of sp³-hybridized carbons (Fsp3) is 0.188. The first kappa shape index (κ1) is 17.7. The minimum Gasteiger partial charge on any atom is -1.00 e. The lowest BCUT2D eigenvalue weighted by atomic mass is 10.1. The Labute approximate surface area is 135 Å². The van der Waals surface area contributed by atoms with Gasteiger partial charge >= 0.3 is 0 Å². The lowest BCUT2D eigenvalue weighted by Gasteiger charge is -2.03. The van der Waals surface area contributed by atoms with Gasteiger partial charge in [0, 0.05) is 12.6 Å². The van der Waals surface area contributed by atoms with Crippen LogP contribution >= 0.6 is 0 Å². The molecule has 1 aromatic heterocycles. The van der Waals surface area contributed by atoms with Crippen molar-refractivity contribution in [1.82, 2.24) is 5.32 Å². The third kappa shape index (κ3) is 5.54. The fourth-order valence-corrected chi connectivity index (χ4v) is 1.98. The zero-order chi connectivity index (χ0) is 15.1. The van der Waals surface area contributed by atoms with E-state index in [4.69, 9.17) is 5.73 Å². The van der Waals surface area contributed by atoms with E-state index >= 15 is 0 Å². The summed E-state index contributed by atoms with van der Waals surface area (Å²) in [5.74, 6) is -0.605. The molecule has 2 aromatic rings. The number of carbonyl (C=O) groups excluding carboxylic acids is 2. The Kier molecular flexibility index (Phi) is 7.05. The molecule has 0 atom stereocenters. The second-order valence-corrected chi connectivity index (χ2v) is 4.71. The van der Waals surface area contributed by atoms with Gasteiger partial charge in [-0.05, 0) is 18.1 Å². The predicted octanol–water partition coefficient (Wildman–Crippen LogP) is -2.56. The van der Waals surface area contributed by atoms with E-state index in [-0.39, 0.29) is 24.9 Å². The van der Waals surface area contributed by atoms with Crippen molar-refractivity contribution < 1.29 is 26.6 Å². The van der Waals surface area contributed by atoms with Crippen LogP contribution in [0.5, 0.6) is 0 Å². The first-order chi connectivity index (χ1) is 10.1. The summed E-state index contributed by atoms with van der Waals surface area (Å²) in [6.45, 7) is 0.745. The molecule has 2 rings (SSSR count). The molecule has 0 spiro atoms. The van der Waals surface area contributed by atoms with E-state index in [2.05, 4.69) is 5.32 Å². The van der Waals surface area contributed by atoms with Gasteiger partial charge in [-0.2, -0.15) is 4.57 Å². The van der Waals surface area contributed by atoms with Gasteiger partial charge in [0.15, 0.2) is 12.4 Å². The number of primary amides is 1. The first-order valence-corrected chi connectivity index (χ1v) is 6.74. The van der Waals surface area contributed by atoms with Gasteiger partial charge in [0.25, 0.3) is 11.8 Å². The molecule has 0 fully saturated rings. The summed E-state index contributed by atoms with van der Waals surface area (Å²) in [5, 5.41) is 2.85. The van der Waals surface area contributed by atoms with Gasteiger partial charge in [-0.25, -0.2) is 0 Å². The van der Waals surface area contributed by atoms with E-state index in [0.29, 0.717) is 12.1 Å². The highest BCUT2D eigenvalue weighted by Crippen LogP contribution is 1.98. The number of hydrogen-bond acceptors (Lipinski definition) is 2. The molecule has 0 aliphatic heterocycles. The van der Waals surface area contributed by atoms with Crippen molar-refractivity contribution in [3.05, 3.63) is 66.0 Å². The zero-order valence-electron chi connectivity index (χ0n) is 12.0. The van der Waals surface area contributed by atoms with Crippen LogP contribution in [0.15, 0.2) is 54.9 Å². The maximum Gasteiger partial charge on any atom is 0.285 e. The van der Waals surface area contributed by atoms with Gasteiger partial charge in [-0.1, -0.05) is 30.3 Å². The predicted molar refractivity (Wildman–Crippen MR) is 78.3 cm³/mol. The van der Waals surface area contributed by atoms with Crippen molar-refractivity contribution in [2.45, 2.75) is 13.0 Å². The van der Waals surface area contributed by atoms with Crippen molar-refractivity contribution >= 4 is 11.8 Å².